The van der Waals surface area contributed by atoms with Crippen molar-refractivity contribution in [3.63, 3.8) is 0 Å². The molecule has 3 aromatic carbocycles. The van der Waals surface area contributed by atoms with Crippen molar-refractivity contribution in [2.45, 2.75) is 0 Å². The van der Waals surface area contributed by atoms with E-state index in [-0.39, 0.29) is 17.5 Å². The van der Waals surface area contributed by atoms with Gasteiger partial charge >= 0.3 is 0 Å². The number of benzene rings is 3. The van der Waals surface area contributed by atoms with Crippen LogP contribution < -0.4 is 10.1 Å². The predicted molar refractivity (Wildman–Crippen MR) is 116 cm³/mol. The molecule has 0 saturated carbocycles. The summed E-state index contributed by atoms with van der Waals surface area (Å²) >= 11 is 0. The Balaban J connectivity index is 1.67. The molecular weight excluding hydrogens is 378 g/mol. The summed E-state index contributed by atoms with van der Waals surface area (Å²) in [6.45, 7) is 3.99. The van der Waals surface area contributed by atoms with Gasteiger partial charge in [0.05, 0.1) is 5.69 Å². The summed E-state index contributed by atoms with van der Waals surface area (Å²) in [4.78, 5) is 25.9. The van der Waals surface area contributed by atoms with Crippen LogP contribution in [0.1, 0.15) is 26.5 Å². The molecule has 0 bridgehead atoms. The molecule has 0 unspecified atom stereocenters. The number of rotatable bonds is 7. The summed E-state index contributed by atoms with van der Waals surface area (Å²) in [7, 11) is 0. The lowest BCUT2D eigenvalue weighted by atomic mass is 10.1. The Kier molecular flexibility index (Phi) is 5.44. The van der Waals surface area contributed by atoms with Crippen LogP contribution in [0, 0.1) is 0 Å². The molecule has 0 saturated heterocycles. The zero-order chi connectivity index (χ0) is 20.9. The Bertz CT molecular complexity index is 1210. The fourth-order valence-electron chi connectivity index (χ4n) is 3.09. The fourth-order valence-corrected chi connectivity index (χ4v) is 3.09. The molecule has 5 nitrogen and oxygen atoms in total. The monoisotopic (exact) mass is 397 g/mol. The largest absolute Gasteiger partial charge is 0.490 e. The summed E-state index contributed by atoms with van der Waals surface area (Å²) in [5.41, 5.74) is 1.80. The number of fused-ring (bicyclic) bond motifs is 1. The van der Waals surface area contributed by atoms with Gasteiger partial charge in [-0.1, -0.05) is 55.1 Å². The van der Waals surface area contributed by atoms with E-state index < -0.39 is 0 Å². The third-order valence-electron chi connectivity index (χ3n) is 4.56. The molecule has 1 aromatic heterocycles. The van der Waals surface area contributed by atoms with Gasteiger partial charge in [-0.3, -0.25) is 9.59 Å². The predicted octanol–water partition coefficient (Wildman–Crippen LogP) is 5.48. The Labute approximate surface area is 173 Å². The van der Waals surface area contributed by atoms with Crippen LogP contribution in [0.5, 0.6) is 5.75 Å². The first kappa shape index (κ1) is 19.2. The third-order valence-corrected chi connectivity index (χ3v) is 4.56. The highest BCUT2D eigenvalue weighted by Crippen LogP contribution is 2.33. The second-order valence-corrected chi connectivity index (χ2v) is 6.58. The van der Waals surface area contributed by atoms with Gasteiger partial charge in [-0.05, 0) is 36.4 Å². The van der Waals surface area contributed by atoms with Crippen molar-refractivity contribution in [2.24, 2.45) is 0 Å². The molecule has 1 N–H and O–H groups in total. The molecule has 0 aliphatic rings. The van der Waals surface area contributed by atoms with Crippen LogP contribution in [0.2, 0.25) is 0 Å². The molecule has 0 fully saturated rings. The molecular formula is C25H19NO4. The van der Waals surface area contributed by atoms with Crippen LogP contribution in [-0.2, 0) is 0 Å². The van der Waals surface area contributed by atoms with Gasteiger partial charge in [0.2, 0.25) is 5.78 Å². The number of carbonyl (C=O) groups excluding carboxylic acids is 2. The molecule has 0 spiro atoms. The molecule has 0 aliphatic heterocycles. The zero-order valence-electron chi connectivity index (χ0n) is 16.1. The highest BCUT2D eigenvalue weighted by molar-refractivity contribution is 6.18. The van der Waals surface area contributed by atoms with Gasteiger partial charge < -0.3 is 14.5 Å². The van der Waals surface area contributed by atoms with Gasteiger partial charge in [0, 0.05) is 16.5 Å². The summed E-state index contributed by atoms with van der Waals surface area (Å²) in [6.07, 6.45) is 1.65. The number of ether oxygens (including phenoxy) is 1. The molecule has 148 valence electrons. The fraction of sp³-hybridized carbons (Fsp3) is 0.0400. The summed E-state index contributed by atoms with van der Waals surface area (Å²) in [5, 5.41) is 3.52. The number of furan rings is 1. The summed E-state index contributed by atoms with van der Waals surface area (Å²) in [5.74, 6) is 0.0936. The van der Waals surface area contributed by atoms with E-state index in [1.54, 1.807) is 60.7 Å². The van der Waals surface area contributed by atoms with E-state index in [0.29, 0.717) is 40.1 Å². The molecule has 1 amide bonds. The standard InChI is InChI=1S/C25H19NO4/c1-2-16-29-19-14-12-18(13-15-19)25(28)26-22-20-10-6-7-11-21(20)30-24(22)23(27)17-8-4-3-5-9-17/h2-15H,1,16H2,(H,26,28). The molecule has 0 aliphatic carbocycles. The lowest BCUT2D eigenvalue weighted by molar-refractivity contribution is 0.101. The molecule has 0 radical (unpaired) electrons. The van der Waals surface area contributed by atoms with Gasteiger partial charge in [-0.15, -0.1) is 0 Å². The molecule has 4 aromatic rings. The smallest absolute Gasteiger partial charge is 0.255 e. The summed E-state index contributed by atoms with van der Waals surface area (Å²) in [6, 6.07) is 22.8. The number of hydrogen-bond donors (Lipinski definition) is 1. The van der Waals surface area contributed by atoms with Gasteiger partial charge in [0.25, 0.3) is 5.91 Å². The number of para-hydroxylation sites is 1. The van der Waals surface area contributed by atoms with E-state index in [1.165, 1.54) is 0 Å². The number of ketones is 1. The maximum Gasteiger partial charge on any atom is 0.255 e. The topological polar surface area (TPSA) is 68.5 Å². The van der Waals surface area contributed by atoms with Crippen LogP contribution in [0.4, 0.5) is 5.69 Å². The lowest BCUT2D eigenvalue weighted by Gasteiger charge is -2.08. The van der Waals surface area contributed by atoms with Gasteiger partial charge in [-0.2, -0.15) is 0 Å². The van der Waals surface area contributed by atoms with E-state index in [0.717, 1.165) is 0 Å². The minimum atomic E-state index is -0.348. The van der Waals surface area contributed by atoms with Crippen LogP contribution in [-0.4, -0.2) is 18.3 Å². The van der Waals surface area contributed by atoms with Crippen molar-refractivity contribution in [1.82, 2.24) is 0 Å². The van der Waals surface area contributed by atoms with Crippen LogP contribution in [0.15, 0.2) is 95.9 Å². The maximum absolute atomic E-state index is 13.0. The van der Waals surface area contributed by atoms with Crippen LogP contribution in [0.3, 0.4) is 0 Å². The first-order valence-electron chi connectivity index (χ1n) is 9.44. The van der Waals surface area contributed by atoms with Crippen LogP contribution >= 0.6 is 0 Å². The quantitative estimate of drug-likeness (QED) is 0.331. The van der Waals surface area contributed by atoms with Crippen LogP contribution in [0.25, 0.3) is 11.0 Å². The van der Waals surface area contributed by atoms with Crippen molar-refractivity contribution in [3.05, 3.63) is 108 Å². The number of hydrogen-bond acceptors (Lipinski definition) is 4. The van der Waals surface area contributed by atoms with Crippen molar-refractivity contribution < 1.29 is 18.7 Å². The number of amides is 1. The molecule has 4 rings (SSSR count). The van der Waals surface area contributed by atoms with Crippen molar-refractivity contribution in [2.75, 3.05) is 11.9 Å². The van der Waals surface area contributed by atoms with Crippen molar-refractivity contribution in [3.8, 4) is 5.75 Å². The zero-order valence-corrected chi connectivity index (χ0v) is 16.1. The first-order valence-corrected chi connectivity index (χ1v) is 9.44. The Morgan fingerprint density at radius 1 is 0.900 bits per heavy atom. The van der Waals surface area contributed by atoms with Gasteiger partial charge in [0.15, 0.2) is 5.76 Å². The minimum Gasteiger partial charge on any atom is -0.490 e. The Hall–Kier alpha value is -4.12. The van der Waals surface area contributed by atoms with Crippen molar-refractivity contribution in [1.29, 1.82) is 0 Å². The van der Waals surface area contributed by atoms with E-state index in [1.807, 2.05) is 24.3 Å². The number of anilines is 1. The summed E-state index contributed by atoms with van der Waals surface area (Å²) < 4.78 is 11.3. The maximum atomic E-state index is 13.0. The Morgan fingerprint density at radius 2 is 1.60 bits per heavy atom. The van der Waals surface area contributed by atoms with E-state index in [4.69, 9.17) is 9.15 Å². The van der Waals surface area contributed by atoms with Gasteiger partial charge in [0.1, 0.15) is 17.9 Å². The highest BCUT2D eigenvalue weighted by Gasteiger charge is 2.23. The van der Waals surface area contributed by atoms with Crippen molar-refractivity contribution >= 4 is 28.3 Å². The van der Waals surface area contributed by atoms with E-state index in [9.17, 15) is 9.59 Å². The highest BCUT2D eigenvalue weighted by atomic mass is 16.5. The number of carbonyl (C=O) groups is 2. The average Bonchev–Trinajstić information content (AvgIpc) is 3.16. The number of nitrogens with one attached hydrogen (secondary N) is 1. The molecule has 5 heteroatoms. The van der Waals surface area contributed by atoms with Gasteiger partial charge in [-0.25, -0.2) is 0 Å². The SMILES string of the molecule is C=CCOc1ccc(C(=O)Nc2c(C(=O)c3ccccc3)oc3ccccc23)cc1. The normalized spacial score (nSPS) is 10.5. The Morgan fingerprint density at radius 3 is 2.33 bits per heavy atom. The lowest BCUT2D eigenvalue weighted by Crippen LogP contribution is -2.14. The minimum absolute atomic E-state index is 0.0988. The van der Waals surface area contributed by atoms with E-state index >= 15 is 0 Å². The molecule has 0 atom stereocenters. The second-order valence-electron chi connectivity index (χ2n) is 6.58. The second kappa shape index (κ2) is 8.49. The first-order chi connectivity index (χ1) is 14.7. The average molecular weight is 397 g/mol. The third kappa shape index (κ3) is 3.86. The molecule has 30 heavy (non-hydrogen) atoms. The molecule has 1 heterocycles. The van der Waals surface area contributed by atoms with E-state index in [2.05, 4.69) is 11.9 Å².